The zero-order valence-corrected chi connectivity index (χ0v) is 11.0. The fraction of sp³-hybridized carbons (Fsp3) is 0.400. The maximum atomic E-state index is 13.7. The molecular weight excluding hydrogens is 243 g/mol. The van der Waals surface area contributed by atoms with Crippen molar-refractivity contribution >= 4 is 16.8 Å². The smallest absolute Gasteiger partial charge is 0.270 e. The van der Waals surface area contributed by atoms with E-state index in [1.54, 1.807) is 6.07 Å². The minimum Gasteiger partial charge on any atom is -0.348 e. The van der Waals surface area contributed by atoms with E-state index in [0.29, 0.717) is 11.2 Å². The monoisotopic (exact) mass is 260 g/mol. The molecule has 1 aliphatic rings. The molecule has 1 amide bonds. The Kier molecular flexibility index (Phi) is 3.01. The van der Waals surface area contributed by atoms with E-state index in [2.05, 4.69) is 11.9 Å². The Labute approximate surface area is 111 Å². The summed E-state index contributed by atoms with van der Waals surface area (Å²) in [5.74, 6) is -0.287. The predicted octanol–water partition coefficient (Wildman–Crippen LogP) is 3.11. The Balaban J connectivity index is 2.02. The number of fused-ring (bicyclic) bond motifs is 3. The largest absolute Gasteiger partial charge is 0.348 e. The van der Waals surface area contributed by atoms with Gasteiger partial charge in [0.2, 0.25) is 0 Å². The molecule has 0 saturated heterocycles. The van der Waals surface area contributed by atoms with Gasteiger partial charge in [-0.25, -0.2) is 4.39 Å². The number of halogens is 1. The van der Waals surface area contributed by atoms with Gasteiger partial charge in [-0.2, -0.15) is 0 Å². The van der Waals surface area contributed by atoms with E-state index in [1.165, 1.54) is 6.07 Å². The standard InChI is InChI=1S/C15H17FN2O/c1-2-3-8-18-9-7-11-10-5-4-6-12(16)13(10)17-14(11)15(18)19/h4-6,17H,2-3,7-9H2,1H3. The number of aromatic nitrogens is 1. The number of aromatic amines is 1. The van der Waals surface area contributed by atoms with E-state index in [4.69, 9.17) is 0 Å². The molecule has 100 valence electrons. The van der Waals surface area contributed by atoms with Gasteiger partial charge < -0.3 is 9.88 Å². The van der Waals surface area contributed by atoms with Gasteiger partial charge in [0.05, 0.1) is 5.52 Å². The van der Waals surface area contributed by atoms with Crippen LogP contribution in [0.5, 0.6) is 0 Å². The van der Waals surface area contributed by atoms with Crippen molar-refractivity contribution in [3.8, 4) is 0 Å². The van der Waals surface area contributed by atoms with Crippen LogP contribution in [0, 0.1) is 5.82 Å². The number of nitrogens with zero attached hydrogens (tertiary/aromatic N) is 1. The van der Waals surface area contributed by atoms with Gasteiger partial charge in [-0.3, -0.25) is 4.79 Å². The Morgan fingerprint density at radius 1 is 1.42 bits per heavy atom. The quantitative estimate of drug-likeness (QED) is 0.904. The number of rotatable bonds is 3. The molecule has 0 aliphatic carbocycles. The van der Waals surface area contributed by atoms with Crippen molar-refractivity contribution < 1.29 is 9.18 Å². The first kappa shape index (κ1) is 12.2. The third kappa shape index (κ3) is 1.91. The first-order chi connectivity index (χ1) is 9.22. The molecule has 3 rings (SSSR count). The highest BCUT2D eigenvalue weighted by molar-refractivity contribution is 6.02. The lowest BCUT2D eigenvalue weighted by Crippen LogP contribution is -2.38. The molecule has 0 unspecified atom stereocenters. The Bertz CT molecular complexity index is 632. The molecule has 1 aromatic carbocycles. The van der Waals surface area contributed by atoms with Gasteiger partial charge >= 0.3 is 0 Å². The summed E-state index contributed by atoms with van der Waals surface area (Å²) in [5.41, 5.74) is 1.99. The Morgan fingerprint density at radius 3 is 3.05 bits per heavy atom. The highest BCUT2D eigenvalue weighted by atomic mass is 19.1. The first-order valence-electron chi connectivity index (χ1n) is 6.80. The van der Waals surface area contributed by atoms with Crippen molar-refractivity contribution in [1.82, 2.24) is 9.88 Å². The minimum atomic E-state index is -0.292. The second kappa shape index (κ2) is 4.68. The Morgan fingerprint density at radius 2 is 2.26 bits per heavy atom. The molecule has 0 radical (unpaired) electrons. The van der Waals surface area contributed by atoms with Crippen LogP contribution in [0.15, 0.2) is 18.2 Å². The summed E-state index contributed by atoms with van der Waals surface area (Å²) in [6.45, 7) is 3.63. The van der Waals surface area contributed by atoms with Gasteiger partial charge in [0.25, 0.3) is 5.91 Å². The summed E-state index contributed by atoms with van der Waals surface area (Å²) >= 11 is 0. The van der Waals surface area contributed by atoms with Gasteiger partial charge in [0.1, 0.15) is 11.5 Å². The topological polar surface area (TPSA) is 36.1 Å². The van der Waals surface area contributed by atoms with Crippen molar-refractivity contribution in [2.24, 2.45) is 0 Å². The van der Waals surface area contributed by atoms with Crippen molar-refractivity contribution in [2.45, 2.75) is 26.2 Å². The van der Waals surface area contributed by atoms with E-state index < -0.39 is 0 Å². The normalized spacial score (nSPS) is 15.1. The number of H-pyrrole nitrogens is 1. The molecule has 1 aliphatic heterocycles. The Hall–Kier alpha value is -1.84. The summed E-state index contributed by atoms with van der Waals surface area (Å²) < 4.78 is 13.7. The highest BCUT2D eigenvalue weighted by Crippen LogP contribution is 2.28. The molecule has 2 heterocycles. The van der Waals surface area contributed by atoms with Crippen LogP contribution in [0.4, 0.5) is 4.39 Å². The molecule has 0 atom stereocenters. The summed E-state index contributed by atoms with van der Waals surface area (Å²) in [6.07, 6.45) is 2.88. The fourth-order valence-corrected chi connectivity index (χ4v) is 2.75. The lowest BCUT2D eigenvalue weighted by molar-refractivity contribution is 0.0732. The summed E-state index contributed by atoms with van der Waals surface area (Å²) in [5, 5.41) is 0.846. The van der Waals surface area contributed by atoms with Gasteiger partial charge in [0, 0.05) is 18.5 Å². The van der Waals surface area contributed by atoms with Crippen LogP contribution >= 0.6 is 0 Å². The number of nitrogens with one attached hydrogen (secondary N) is 1. The van der Waals surface area contributed by atoms with Gasteiger partial charge in [-0.05, 0) is 24.5 Å². The average Bonchev–Trinajstić information content (AvgIpc) is 2.79. The van der Waals surface area contributed by atoms with Crippen LogP contribution in [0.25, 0.3) is 10.9 Å². The van der Waals surface area contributed by atoms with Crippen LogP contribution in [0.2, 0.25) is 0 Å². The lowest BCUT2D eigenvalue weighted by atomic mass is 10.0. The van der Waals surface area contributed by atoms with E-state index in [-0.39, 0.29) is 11.7 Å². The summed E-state index contributed by atoms with van der Waals surface area (Å²) in [4.78, 5) is 17.2. The number of benzene rings is 1. The zero-order chi connectivity index (χ0) is 13.4. The average molecular weight is 260 g/mol. The van der Waals surface area contributed by atoms with Crippen molar-refractivity contribution in [3.63, 3.8) is 0 Å². The fourth-order valence-electron chi connectivity index (χ4n) is 2.75. The minimum absolute atomic E-state index is 0.00491. The summed E-state index contributed by atoms with van der Waals surface area (Å²) in [6, 6.07) is 4.99. The van der Waals surface area contributed by atoms with Crippen molar-refractivity contribution in [2.75, 3.05) is 13.1 Å². The maximum absolute atomic E-state index is 13.7. The van der Waals surface area contributed by atoms with E-state index >= 15 is 0 Å². The van der Waals surface area contributed by atoms with Crippen LogP contribution in [0.1, 0.15) is 35.8 Å². The first-order valence-corrected chi connectivity index (χ1v) is 6.80. The van der Waals surface area contributed by atoms with E-state index in [1.807, 2.05) is 11.0 Å². The lowest BCUT2D eigenvalue weighted by Gasteiger charge is -2.26. The molecule has 0 bridgehead atoms. The number of hydrogen-bond donors (Lipinski definition) is 1. The molecule has 0 fully saturated rings. The molecule has 4 heteroatoms. The number of amides is 1. The zero-order valence-electron chi connectivity index (χ0n) is 11.0. The van der Waals surface area contributed by atoms with Gasteiger partial charge in [0.15, 0.2) is 0 Å². The maximum Gasteiger partial charge on any atom is 0.270 e. The predicted molar refractivity (Wildman–Crippen MR) is 72.8 cm³/mol. The van der Waals surface area contributed by atoms with Crippen molar-refractivity contribution in [1.29, 1.82) is 0 Å². The molecular formula is C15H17FN2O. The second-order valence-corrected chi connectivity index (χ2v) is 5.04. The third-order valence-electron chi connectivity index (χ3n) is 3.80. The second-order valence-electron chi connectivity index (χ2n) is 5.04. The van der Waals surface area contributed by atoms with Crippen LogP contribution < -0.4 is 0 Å². The van der Waals surface area contributed by atoms with Crippen LogP contribution in [-0.4, -0.2) is 28.9 Å². The van der Waals surface area contributed by atoms with Crippen molar-refractivity contribution in [3.05, 3.63) is 35.3 Å². The van der Waals surface area contributed by atoms with Crippen LogP contribution in [-0.2, 0) is 6.42 Å². The number of unbranched alkanes of at least 4 members (excludes halogenated alkanes) is 1. The molecule has 2 aromatic rings. The summed E-state index contributed by atoms with van der Waals surface area (Å²) in [7, 11) is 0. The SMILES string of the molecule is CCCCN1CCc2c([nH]c3c(F)cccc23)C1=O. The molecule has 1 aromatic heterocycles. The van der Waals surface area contributed by atoms with Crippen LogP contribution in [0.3, 0.4) is 0 Å². The molecule has 0 spiro atoms. The number of carbonyl (C=O) groups excluding carboxylic acids is 1. The molecule has 3 nitrogen and oxygen atoms in total. The van der Waals surface area contributed by atoms with E-state index in [0.717, 1.165) is 43.3 Å². The molecule has 0 saturated carbocycles. The van der Waals surface area contributed by atoms with Gasteiger partial charge in [-0.15, -0.1) is 0 Å². The third-order valence-corrected chi connectivity index (χ3v) is 3.80. The number of carbonyl (C=O) groups is 1. The number of para-hydroxylation sites is 1. The van der Waals surface area contributed by atoms with Gasteiger partial charge in [-0.1, -0.05) is 25.5 Å². The molecule has 1 N–H and O–H groups in total. The number of hydrogen-bond acceptors (Lipinski definition) is 1. The van der Waals surface area contributed by atoms with E-state index in [9.17, 15) is 9.18 Å². The molecule has 19 heavy (non-hydrogen) atoms. The highest BCUT2D eigenvalue weighted by Gasteiger charge is 2.27.